The van der Waals surface area contributed by atoms with Gasteiger partial charge in [-0.25, -0.2) is 4.98 Å². The fourth-order valence-electron chi connectivity index (χ4n) is 4.75. The van der Waals surface area contributed by atoms with E-state index in [-0.39, 0.29) is 11.8 Å². The maximum absolute atomic E-state index is 13.1. The Morgan fingerprint density at radius 2 is 1.75 bits per heavy atom. The zero-order valence-electron chi connectivity index (χ0n) is 15.4. The van der Waals surface area contributed by atoms with E-state index in [9.17, 15) is 4.79 Å². The zero-order chi connectivity index (χ0) is 18.7. The van der Waals surface area contributed by atoms with Crippen molar-refractivity contribution in [1.82, 2.24) is 9.55 Å². The molecule has 0 saturated carbocycles. The van der Waals surface area contributed by atoms with Crippen LogP contribution >= 0.6 is 0 Å². The number of carbonyl (C=O) groups is 1. The van der Waals surface area contributed by atoms with Crippen LogP contribution < -0.4 is 5.32 Å². The van der Waals surface area contributed by atoms with Gasteiger partial charge in [-0.2, -0.15) is 0 Å². The summed E-state index contributed by atoms with van der Waals surface area (Å²) in [5.41, 5.74) is 5.09. The first-order valence-corrected chi connectivity index (χ1v) is 9.79. The van der Waals surface area contributed by atoms with Gasteiger partial charge in [-0.05, 0) is 41.3 Å². The number of para-hydroxylation sites is 2. The number of fused-ring (bicyclic) bond motifs is 4. The molecule has 1 aliphatic heterocycles. The molecule has 0 radical (unpaired) electrons. The number of ketones is 1. The molecule has 0 amide bonds. The normalized spacial score (nSPS) is 18.9. The van der Waals surface area contributed by atoms with E-state index in [1.165, 1.54) is 10.8 Å². The van der Waals surface area contributed by atoms with E-state index in [1.54, 1.807) is 0 Å². The number of allylic oxidation sites excluding steroid dienone is 2. The third kappa shape index (κ3) is 2.12. The predicted octanol–water partition coefficient (Wildman–Crippen LogP) is 5.21. The highest BCUT2D eigenvalue weighted by molar-refractivity contribution is 6.01. The molecule has 1 atom stereocenters. The van der Waals surface area contributed by atoms with E-state index in [1.807, 2.05) is 18.2 Å². The Kier molecular flexibility index (Phi) is 3.24. The molecule has 136 valence electrons. The Hall–Kier alpha value is -3.40. The third-order valence-electron chi connectivity index (χ3n) is 5.96. The lowest BCUT2D eigenvalue weighted by molar-refractivity contribution is -0.116. The molecule has 0 bridgehead atoms. The SMILES string of the molecule is O=C1CCCC2=C1C(c1cccc3ccccc13)n1c(nc3ccccc31)N2. The van der Waals surface area contributed by atoms with Crippen molar-refractivity contribution >= 4 is 33.5 Å². The highest BCUT2D eigenvalue weighted by Gasteiger charge is 2.37. The zero-order valence-corrected chi connectivity index (χ0v) is 15.4. The van der Waals surface area contributed by atoms with Gasteiger partial charge in [-0.1, -0.05) is 54.6 Å². The minimum Gasteiger partial charge on any atom is -0.329 e. The van der Waals surface area contributed by atoms with E-state index in [4.69, 9.17) is 4.98 Å². The van der Waals surface area contributed by atoms with Gasteiger partial charge in [-0.15, -0.1) is 0 Å². The average Bonchev–Trinajstić information content (AvgIpc) is 3.10. The van der Waals surface area contributed by atoms with Crippen molar-refractivity contribution in [2.75, 3.05) is 5.32 Å². The summed E-state index contributed by atoms with van der Waals surface area (Å²) >= 11 is 0. The van der Waals surface area contributed by atoms with Crippen molar-refractivity contribution in [2.24, 2.45) is 0 Å². The van der Waals surface area contributed by atoms with E-state index >= 15 is 0 Å². The van der Waals surface area contributed by atoms with Crippen LogP contribution in [0.2, 0.25) is 0 Å². The van der Waals surface area contributed by atoms with Gasteiger partial charge in [0.15, 0.2) is 5.78 Å². The fourth-order valence-corrected chi connectivity index (χ4v) is 4.75. The summed E-state index contributed by atoms with van der Waals surface area (Å²) in [5.74, 6) is 1.07. The molecule has 1 unspecified atom stereocenters. The highest BCUT2D eigenvalue weighted by atomic mass is 16.1. The van der Waals surface area contributed by atoms with Crippen molar-refractivity contribution in [3.05, 3.63) is 83.6 Å². The summed E-state index contributed by atoms with van der Waals surface area (Å²) in [6.45, 7) is 0. The number of nitrogens with zero attached hydrogens (tertiary/aromatic N) is 2. The summed E-state index contributed by atoms with van der Waals surface area (Å²) in [6.07, 6.45) is 2.41. The summed E-state index contributed by atoms with van der Waals surface area (Å²) in [7, 11) is 0. The predicted molar refractivity (Wildman–Crippen MR) is 111 cm³/mol. The maximum atomic E-state index is 13.1. The largest absolute Gasteiger partial charge is 0.329 e. The van der Waals surface area contributed by atoms with Crippen molar-refractivity contribution in [3.8, 4) is 0 Å². The molecule has 1 N–H and O–H groups in total. The van der Waals surface area contributed by atoms with Gasteiger partial charge in [0.05, 0.1) is 17.1 Å². The summed E-state index contributed by atoms with van der Waals surface area (Å²) in [6, 6.07) is 22.8. The smallest absolute Gasteiger partial charge is 0.209 e. The second kappa shape index (κ2) is 5.80. The summed E-state index contributed by atoms with van der Waals surface area (Å²) < 4.78 is 2.21. The molecular weight excluding hydrogens is 346 g/mol. The lowest BCUT2D eigenvalue weighted by atomic mass is 9.83. The molecule has 0 spiro atoms. The Balaban J connectivity index is 1.72. The van der Waals surface area contributed by atoms with Gasteiger partial charge < -0.3 is 5.32 Å². The molecular formula is C24H19N3O. The number of Topliss-reactive ketones (excluding diaryl/α,β-unsaturated/α-hetero) is 1. The molecule has 2 heterocycles. The van der Waals surface area contributed by atoms with E-state index in [0.29, 0.717) is 6.42 Å². The second-order valence-electron chi connectivity index (χ2n) is 7.56. The Morgan fingerprint density at radius 3 is 2.71 bits per heavy atom. The lowest BCUT2D eigenvalue weighted by Gasteiger charge is -2.34. The van der Waals surface area contributed by atoms with Gasteiger partial charge >= 0.3 is 0 Å². The standard InChI is InChI=1S/C24H19N3O/c28-21-14-6-12-19-22(21)23(17-10-5-8-15-7-1-2-9-16(15)17)27-20-13-4-3-11-18(20)25-24(27)26-19/h1-5,7-11,13,23H,6,12,14H2,(H,25,26). The van der Waals surface area contributed by atoms with Gasteiger partial charge in [0.25, 0.3) is 0 Å². The first-order chi connectivity index (χ1) is 13.8. The maximum Gasteiger partial charge on any atom is 0.209 e. The van der Waals surface area contributed by atoms with Crippen LogP contribution in [0.1, 0.15) is 30.9 Å². The Labute approximate surface area is 162 Å². The number of hydrogen-bond donors (Lipinski definition) is 1. The molecule has 2 aliphatic rings. The highest BCUT2D eigenvalue weighted by Crippen LogP contribution is 2.44. The first kappa shape index (κ1) is 15.6. The number of hydrogen-bond acceptors (Lipinski definition) is 3. The molecule has 3 aromatic carbocycles. The van der Waals surface area contributed by atoms with Crippen LogP contribution in [0.15, 0.2) is 78.0 Å². The molecule has 1 aromatic heterocycles. The molecule has 4 heteroatoms. The number of benzene rings is 3. The average molecular weight is 365 g/mol. The van der Waals surface area contributed by atoms with Crippen molar-refractivity contribution < 1.29 is 4.79 Å². The monoisotopic (exact) mass is 365 g/mol. The Bertz CT molecular complexity index is 1290. The summed E-state index contributed by atoms with van der Waals surface area (Å²) in [5, 5.41) is 5.85. The molecule has 6 rings (SSSR count). The first-order valence-electron chi connectivity index (χ1n) is 9.79. The minimum atomic E-state index is -0.155. The fraction of sp³-hybridized carbons (Fsp3) is 0.167. The number of carbonyl (C=O) groups excluding carboxylic acids is 1. The van der Waals surface area contributed by atoms with E-state index < -0.39 is 0 Å². The summed E-state index contributed by atoms with van der Waals surface area (Å²) in [4.78, 5) is 17.9. The molecule has 4 nitrogen and oxygen atoms in total. The lowest BCUT2D eigenvalue weighted by Crippen LogP contribution is -2.31. The second-order valence-corrected chi connectivity index (χ2v) is 7.56. The topological polar surface area (TPSA) is 46.9 Å². The van der Waals surface area contributed by atoms with Gasteiger partial charge in [0.1, 0.15) is 0 Å². The quantitative estimate of drug-likeness (QED) is 0.504. The minimum absolute atomic E-state index is 0.155. The van der Waals surface area contributed by atoms with Gasteiger partial charge in [-0.3, -0.25) is 9.36 Å². The van der Waals surface area contributed by atoms with Crippen LogP contribution in [-0.2, 0) is 4.79 Å². The van der Waals surface area contributed by atoms with Gasteiger partial charge in [0.2, 0.25) is 5.95 Å². The van der Waals surface area contributed by atoms with Crippen LogP contribution in [0.4, 0.5) is 5.95 Å². The number of rotatable bonds is 1. The molecule has 0 saturated heterocycles. The van der Waals surface area contributed by atoms with E-state index in [0.717, 1.165) is 46.7 Å². The van der Waals surface area contributed by atoms with Crippen LogP contribution in [0.5, 0.6) is 0 Å². The van der Waals surface area contributed by atoms with Crippen LogP contribution in [0.3, 0.4) is 0 Å². The third-order valence-corrected chi connectivity index (χ3v) is 5.96. The molecule has 4 aromatic rings. The molecule has 0 fully saturated rings. The van der Waals surface area contributed by atoms with Crippen LogP contribution in [0, 0.1) is 0 Å². The molecule has 28 heavy (non-hydrogen) atoms. The number of nitrogens with one attached hydrogen (secondary N) is 1. The van der Waals surface area contributed by atoms with Crippen molar-refractivity contribution in [2.45, 2.75) is 25.3 Å². The van der Waals surface area contributed by atoms with Crippen molar-refractivity contribution in [3.63, 3.8) is 0 Å². The van der Waals surface area contributed by atoms with Crippen LogP contribution in [0.25, 0.3) is 21.8 Å². The Morgan fingerprint density at radius 1 is 0.929 bits per heavy atom. The van der Waals surface area contributed by atoms with Crippen molar-refractivity contribution in [1.29, 1.82) is 0 Å². The number of anilines is 1. The molecule has 1 aliphatic carbocycles. The van der Waals surface area contributed by atoms with Crippen LogP contribution in [-0.4, -0.2) is 15.3 Å². The number of aromatic nitrogens is 2. The number of imidazole rings is 1. The van der Waals surface area contributed by atoms with E-state index in [2.05, 4.69) is 58.4 Å². The van der Waals surface area contributed by atoms with Gasteiger partial charge in [0, 0.05) is 17.7 Å².